The number of nitro groups is 1. The number of aliphatic hydroxyl groups excluding tert-OH is 1. The molecule has 2 saturated heterocycles. The predicted octanol–water partition coefficient (Wildman–Crippen LogP) is -0.485. The van der Waals surface area contributed by atoms with Crippen LogP contribution in [-0.2, 0) is 18.9 Å². The molecular formula is C10H17NO7. The molecule has 0 bridgehead atoms. The quantitative estimate of drug-likeness (QED) is 0.539. The van der Waals surface area contributed by atoms with Gasteiger partial charge in [0.1, 0.15) is 24.4 Å². The molecular weight excluding hydrogens is 246 g/mol. The van der Waals surface area contributed by atoms with Crippen LogP contribution >= 0.6 is 0 Å². The van der Waals surface area contributed by atoms with E-state index in [1.807, 2.05) is 0 Å². The molecule has 1 unspecified atom stereocenters. The van der Waals surface area contributed by atoms with Gasteiger partial charge in [-0.05, 0) is 13.8 Å². The molecule has 0 aliphatic carbocycles. The Morgan fingerprint density at radius 1 is 1.44 bits per heavy atom. The minimum Gasteiger partial charge on any atom is -0.383 e. The topological polar surface area (TPSA) is 100 Å². The van der Waals surface area contributed by atoms with Gasteiger partial charge in [0.2, 0.25) is 6.54 Å². The highest BCUT2D eigenvalue weighted by atomic mass is 16.8. The van der Waals surface area contributed by atoms with Crippen molar-refractivity contribution >= 4 is 0 Å². The first-order valence-electron chi connectivity index (χ1n) is 5.68. The molecule has 0 radical (unpaired) electrons. The summed E-state index contributed by atoms with van der Waals surface area (Å²) in [5.74, 6) is -0.817. The number of nitrogens with zero attached hydrogens (tertiary/aromatic N) is 1. The Morgan fingerprint density at radius 2 is 2.06 bits per heavy atom. The van der Waals surface area contributed by atoms with Crippen LogP contribution in [0.2, 0.25) is 0 Å². The van der Waals surface area contributed by atoms with Crippen LogP contribution in [-0.4, -0.2) is 60.2 Å². The Hall–Kier alpha value is -0.800. The van der Waals surface area contributed by atoms with Crippen LogP contribution in [0.4, 0.5) is 0 Å². The smallest absolute Gasteiger partial charge is 0.232 e. The first-order valence-corrected chi connectivity index (χ1v) is 5.68. The molecule has 0 amide bonds. The fourth-order valence-corrected chi connectivity index (χ4v) is 2.35. The molecule has 2 rings (SSSR count). The van der Waals surface area contributed by atoms with Gasteiger partial charge in [0.05, 0.1) is 0 Å². The van der Waals surface area contributed by atoms with Crippen molar-refractivity contribution in [2.45, 2.75) is 50.3 Å². The minimum absolute atomic E-state index is 0.489. The monoisotopic (exact) mass is 263 g/mol. The standard InChI is InChI=1S/C10H17NO7/c1-10(2)17-7-6(5(12)4-11(13)14)16-9(15-3)8(7)18-10/h5-9,12H,4H2,1-3H3/t5?,6-,7+,8+,9+/m1/s1. The van der Waals surface area contributed by atoms with E-state index in [1.54, 1.807) is 13.8 Å². The summed E-state index contributed by atoms with van der Waals surface area (Å²) in [5, 5.41) is 20.2. The summed E-state index contributed by atoms with van der Waals surface area (Å²) in [6.45, 7) is 2.86. The molecule has 1 N–H and O–H groups in total. The molecule has 0 spiro atoms. The molecule has 8 nitrogen and oxygen atoms in total. The third-order valence-corrected chi connectivity index (χ3v) is 2.99. The van der Waals surface area contributed by atoms with Crippen LogP contribution in [0.15, 0.2) is 0 Å². The average molecular weight is 263 g/mol. The van der Waals surface area contributed by atoms with E-state index in [4.69, 9.17) is 18.9 Å². The Bertz CT molecular complexity index is 334. The Kier molecular flexibility index (Phi) is 3.56. The largest absolute Gasteiger partial charge is 0.383 e. The highest BCUT2D eigenvalue weighted by molar-refractivity contribution is 4.97. The molecule has 2 aliphatic rings. The van der Waals surface area contributed by atoms with Crippen molar-refractivity contribution in [3.05, 3.63) is 10.1 Å². The second kappa shape index (κ2) is 4.71. The zero-order chi connectivity index (χ0) is 13.5. The van der Waals surface area contributed by atoms with E-state index < -0.39 is 48.0 Å². The van der Waals surface area contributed by atoms with Crippen molar-refractivity contribution in [3.63, 3.8) is 0 Å². The summed E-state index contributed by atoms with van der Waals surface area (Å²) in [7, 11) is 1.44. The number of rotatable bonds is 4. The van der Waals surface area contributed by atoms with Gasteiger partial charge in [0.15, 0.2) is 12.1 Å². The van der Waals surface area contributed by atoms with Crippen molar-refractivity contribution in [3.8, 4) is 0 Å². The van der Waals surface area contributed by atoms with Gasteiger partial charge in [-0.2, -0.15) is 0 Å². The molecule has 2 heterocycles. The molecule has 0 saturated carbocycles. The summed E-state index contributed by atoms with van der Waals surface area (Å²) in [6, 6.07) is 0. The number of hydrogen-bond acceptors (Lipinski definition) is 7. The summed E-state index contributed by atoms with van der Waals surface area (Å²) in [5.41, 5.74) is 0. The number of hydrogen-bond donors (Lipinski definition) is 1. The van der Waals surface area contributed by atoms with Crippen molar-refractivity contribution in [1.82, 2.24) is 0 Å². The van der Waals surface area contributed by atoms with Crippen LogP contribution in [0, 0.1) is 10.1 Å². The van der Waals surface area contributed by atoms with Gasteiger partial charge in [-0.25, -0.2) is 0 Å². The average Bonchev–Trinajstić information content (AvgIpc) is 2.69. The minimum atomic E-state index is -1.26. The van der Waals surface area contributed by atoms with E-state index in [0.29, 0.717) is 0 Å². The molecule has 5 atom stereocenters. The maximum atomic E-state index is 10.4. The molecule has 0 aromatic heterocycles. The lowest BCUT2D eigenvalue weighted by atomic mass is 10.1. The van der Waals surface area contributed by atoms with E-state index in [-0.39, 0.29) is 0 Å². The molecule has 2 fully saturated rings. The number of fused-ring (bicyclic) bond motifs is 1. The zero-order valence-electron chi connectivity index (χ0n) is 10.4. The normalized spacial score (nSPS) is 39.6. The lowest BCUT2D eigenvalue weighted by Gasteiger charge is -2.24. The lowest BCUT2D eigenvalue weighted by Crippen LogP contribution is -2.42. The van der Waals surface area contributed by atoms with Gasteiger partial charge < -0.3 is 24.1 Å². The van der Waals surface area contributed by atoms with Crippen LogP contribution < -0.4 is 0 Å². The van der Waals surface area contributed by atoms with Gasteiger partial charge in [-0.1, -0.05) is 0 Å². The first kappa shape index (κ1) is 13.6. The number of ether oxygens (including phenoxy) is 4. The van der Waals surface area contributed by atoms with Crippen molar-refractivity contribution in [2.24, 2.45) is 0 Å². The Morgan fingerprint density at radius 3 is 2.61 bits per heavy atom. The lowest BCUT2D eigenvalue weighted by molar-refractivity contribution is -0.493. The predicted molar refractivity (Wildman–Crippen MR) is 57.4 cm³/mol. The van der Waals surface area contributed by atoms with Crippen molar-refractivity contribution < 1.29 is 29.0 Å². The summed E-state index contributed by atoms with van der Waals surface area (Å²) >= 11 is 0. The molecule has 0 aromatic rings. The Labute approximate surface area is 104 Å². The molecule has 8 heteroatoms. The van der Waals surface area contributed by atoms with E-state index in [2.05, 4.69) is 0 Å². The van der Waals surface area contributed by atoms with E-state index in [1.165, 1.54) is 7.11 Å². The number of aliphatic hydroxyl groups is 1. The van der Waals surface area contributed by atoms with Crippen molar-refractivity contribution in [2.75, 3.05) is 13.7 Å². The van der Waals surface area contributed by atoms with E-state index in [0.717, 1.165) is 0 Å². The third-order valence-electron chi connectivity index (χ3n) is 2.99. The van der Waals surface area contributed by atoms with Gasteiger partial charge in [0.25, 0.3) is 0 Å². The van der Waals surface area contributed by atoms with Crippen LogP contribution in [0.25, 0.3) is 0 Å². The van der Waals surface area contributed by atoms with Crippen molar-refractivity contribution in [1.29, 1.82) is 0 Å². The summed E-state index contributed by atoms with van der Waals surface area (Å²) in [4.78, 5) is 9.83. The fourth-order valence-electron chi connectivity index (χ4n) is 2.35. The van der Waals surface area contributed by atoms with Crippen LogP contribution in [0.5, 0.6) is 0 Å². The van der Waals surface area contributed by atoms with Gasteiger partial charge in [-0.15, -0.1) is 0 Å². The van der Waals surface area contributed by atoms with Gasteiger partial charge in [-0.3, -0.25) is 10.1 Å². The summed E-state index contributed by atoms with van der Waals surface area (Å²) in [6.07, 6.45) is -3.84. The molecule has 2 aliphatic heterocycles. The second-order valence-corrected chi connectivity index (χ2v) is 4.85. The van der Waals surface area contributed by atoms with Crippen LogP contribution in [0.3, 0.4) is 0 Å². The third kappa shape index (κ3) is 2.47. The van der Waals surface area contributed by atoms with E-state index >= 15 is 0 Å². The SMILES string of the molecule is CO[C@H]1O[C@H](C(O)C[N+](=O)[O-])[C@@H]2OC(C)(C)O[C@H]12. The number of methoxy groups -OCH3 is 1. The maximum Gasteiger partial charge on any atom is 0.232 e. The maximum absolute atomic E-state index is 10.4. The van der Waals surface area contributed by atoms with Crippen LogP contribution in [0.1, 0.15) is 13.8 Å². The zero-order valence-corrected chi connectivity index (χ0v) is 10.4. The van der Waals surface area contributed by atoms with Gasteiger partial charge in [0, 0.05) is 12.0 Å². The molecule has 0 aromatic carbocycles. The first-order chi connectivity index (χ1) is 8.34. The molecule has 18 heavy (non-hydrogen) atoms. The highest BCUT2D eigenvalue weighted by Gasteiger charge is 2.57. The second-order valence-electron chi connectivity index (χ2n) is 4.85. The van der Waals surface area contributed by atoms with Gasteiger partial charge >= 0.3 is 0 Å². The van der Waals surface area contributed by atoms with E-state index in [9.17, 15) is 15.2 Å². The highest BCUT2D eigenvalue weighted by Crippen LogP contribution is 2.39. The summed E-state index contributed by atoms with van der Waals surface area (Å²) < 4.78 is 21.7. The fraction of sp³-hybridized carbons (Fsp3) is 1.00. The Balaban J connectivity index is 2.11. The molecule has 104 valence electrons.